The normalized spacial score (nSPS) is 11.3. The molecule has 1 radical (unpaired) electrons. The van der Waals surface area contributed by atoms with E-state index in [2.05, 4.69) is 191 Å². The largest absolute Gasteiger partial charge is 0.501 e. The number of imidazole rings is 1. The van der Waals surface area contributed by atoms with E-state index in [1.54, 1.807) is 6.20 Å². The number of pyridine rings is 1. The Morgan fingerprint density at radius 1 is 0.544 bits per heavy atom. The molecule has 11 aromatic rings. The van der Waals surface area contributed by atoms with Crippen LogP contribution in [0.1, 0.15) is 67.3 Å². The maximum atomic E-state index is 6.80. The summed E-state index contributed by atoms with van der Waals surface area (Å²) in [5.41, 5.74) is 21.5. The van der Waals surface area contributed by atoms with E-state index in [0.29, 0.717) is 0 Å². The van der Waals surface area contributed by atoms with Crippen LogP contribution in [0.5, 0.6) is 0 Å². The minimum absolute atomic E-state index is 0. The Morgan fingerprint density at radius 2 is 1.19 bits per heavy atom. The Balaban J connectivity index is 0.000000386. The van der Waals surface area contributed by atoms with Gasteiger partial charge in [0.15, 0.2) is 0 Å². The third-order valence-corrected chi connectivity index (χ3v) is 12.8. The summed E-state index contributed by atoms with van der Waals surface area (Å²) in [5, 5.41) is 2.14. The van der Waals surface area contributed by atoms with Crippen molar-refractivity contribution in [3.05, 3.63) is 222 Å². The summed E-state index contributed by atoms with van der Waals surface area (Å²) in [6.45, 7) is 15.8. The van der Waals surface area contributed by atoms with E-state index in [9.17, 15) is 0 Å². The van der Waals surface area contributed by atoms with E-state index in [0.717, 1.165) is 66.7 Å². The molecule has 5 heteroatoms. The molecule has 68 heavy (non-hydrogen) atoms. The molecule has 0 aliphatic rings. The standard InChI is InChI=1S/C52H45N2O.C11H8N.Ir/c1-31(2)44-28-40(37-20-22-38(23-21-37)49-34(6)26-33(5)27-35(49)7)29-45(32(3)4)50(44)54-47-19-12-11-18-46(47)53-52(54)43-17-13-16-42-41-25-24-39(30-48(41)55-51(42)43)36-14-9-8-10-15-36;1-2-6-10(7-3-1)11-8-4-5-9-12-11;/h8-16,18-32H,1-7H3;1-6,8-9H;/q2*-1;. The second-order valence-electron chi connectivity index (χ2n) is 18.2. The fourth-order valence-electron chi connectivity index (χ4n) is 9.66. The van der Waals surface area contributed by atoms with E-state index in [-0.39, 0.29) is 31.9 Å². The summed E-state index contributed by atoms with van der Waals surface area (Å²) in [5.74, 6) is 1.33. The minimum Gasteiger partial charge on any atom is -0.501 e. The molecule has 8 aromatic carbocycles. The number of fused-ring (bicyclic) bond motifs is 4. The molecular weight excluding hydrogens is 1010 g/mol. The van der Waals surface area contributed by atoms with Crippen molar-refractivity contribution in [2.24, 2.45) is 0 Å². The van der Waals surface area contributed by atoms with Crippen molar-refractivity contribution < 1.29 is 24.5 Å². The van der Waals surface area contributed by atoms with Crippen molar-refractivity contribution >= 4 is 33.0 Å². The molecule has 0 saturated heterocycles. The maximum Gasteiger partial charge on any atom is 0.121 e. The Morgan fingerprint density at radius 3 is 1.87 bits per heavy atom. The number of aromatic nitrogens is 3. The molecular formula is C63H53IrN3O-2. The van der Waals surface area contributed by atoms with Crippen molar-refractivity contribution in [2.75, 3.05) is 0 Å². The Hall–Kier alpha value is -7.17. The SMILES string of the molecule is Cc1cc(C)c(-c2ccc(-c3cc(C(C)C)c(-n4c(-c5[c-]ccc6c5oc5cc(-c7ccccc7)ccc56)nc5ccccc54)c(C(C)C)c3)cc2)c(C)c1.[Ir].[c-]1ccccc1-c1ccccn1. The van der Waals surface area contributed by atoms with Gasteiger partial charge in [0, 0.05) is 37.4 Å². The van der Waals surface area contributed by atoms with Gasteiger partial charge in [-0.05, 0) is 130 Å². The van der Waals surface area contributed by atoms with Gasteiger partial charge in [0.25, 0.3) is 0 Å². The molecule has 0 aliphatic carbocycles. The van der Waals surface area contributed by atoms with Gasteiger partial charge in [-0.25, -0.2) is 0 Å². The van der Waals surface area contributed by atoms with Gasteiger partial charge in [0.1, 0.15) is 5.58 Å². The molecule has 4 nitrogen and oxygen atoms in total. The Labute approximate surface area is 413 Å². The van der Waals surface area contributed by atoms with Gasteiger partial charge < -0.3 is 14.0 Å². The van der Waals surface area contributed by atoms with Crippen LogP contribution in [0, 0.1) is 32.9 Å². The maximum absolute atomic E-state index is 6.80. The fraction of sp³-hybridized carbons (Fsp3) is 0.143. The summed E-state index contributed by atoms with van der Waals surface area (Å²) >= 11 is 0. The predicted molar refractivity (Wildman–Crippen MR) is 280 cm³/mol. The number of benzene rings is 8. The summed E-state index contributed by atoms with van der Waals surface area (Å²) in [7, 11) is 0. The van der Waals surface area contributed by atoms with Crippen LogP contribution in [0.2, 0.25) is 0 Å². The average molecular weight is 1060 g/mol. The fourth-order valence-corrected chi connectivity index (χ4v) is 9.66. The number of hydrogen-bond donors (Lipinski definition) is 0. The first kappa shape index (κ1) is 46.0. The topological polar surface area (TPSA) is 43.9 Å². The van der Waals surface area contributed by atoms with Gasteiger partial charge in [-0.3, -0.25) is 4.98 Å². The molecule has 337 valence electrons. The molecule has 0 bridgehead atoms. The summed E-state index contributed by atoms with van der Waals surface area (Å²) in [4.78, 5) is 9.57. The van der Waals surface area contributed by atoms with Crippen LogP contribution in [0.15, 0.2) is 187 Å². The molecule has 0 amide bonds. The zero-order chi connectivity index (χ0) is 46.2. The monoisotopic (exact) mass is 1060 g/mol. The van der Waals surface area contributed by atoms with Crippen LogP contribution < -0.4 is 0 Å². The molecule has 0 N–H and O–H groups in total. The molecule has 3 heterocycles. The minimum atomic E-state index is 0. The molecule has 11 rings (SSSR count). The zero-order valence-electron chi connectivity index (χ0n) is 39.6. The quantitative estimate of drug-likeness (QED) is 0.142. The first-order valence-electron chi connectivity index (χ1n) is 23.3. The smallest absolute Gasteiger partial charge is 0.121 e. The van der Waals surface area contributed by atoms with Gasteiger partial charge in [-0.15, -0.1) is 54.1 Å². The van der Waals surface area contributed by atoms with Crippen LogP contribution in [-0.2, 0) is 20.1 Å². The third-order valence-electron chi connectivity index (χ3n) is 12.8. The molecule has 3 aromatic heterocycles. The molecule has 0 atom stereocenters. The second-order valence-corrected chi connectivity index (χ2v) is 18.2. The predicted octanol–water partition coefficient (Wildman–Crippen LogP) is 17.1. The van der Waals surface area contributed by atoms with Crippen LogP contribution in [0.25, 0.3) is 94.7 Å². The molecule has 0 unspecified atom stereocenters. The summed E-state index contributed by atoms with van der Waals surface area (Å²) in [6, 6.07) is 68.5. The molecule has 0 saturated carbocycles. The van der Waals surface area contributed by atoms with Crippen molar-refractivity contribution in [1.82, 2.24) is 14.5 Å². The number of aryl methyl sites for hydroxylation is 3. The van der Waals surface area contributed by atoms with E-state index in [1.165, 1.54) is 55.8 Å². The van der Waals surface area contributed by atoms with E-state index >= 15 is 0 Å². The van der Waals surface area contributed by atoms with Gasteiger partial charge in [0.05, 0.1) is 22.4 Å². The summed E-state index contributed by atoms with van der Waals surface area (Å²) < 4.78 is 9.18. The first-order valence-corrected chi connectivity index (χ1v) is 23.3. The summed E-state index contributed by atoms with van der Waals surface area (Å²) in [6.07, 6.45) is 1.79. The number of furan rings is 1. The van der Waals surface area contributed by atoms with Crippen molar-refractivity contribution in [3.63, 3.8) is 0 Å². The van der Waals surface area contributed by atoms with E-state index < -0.39 is 0 Å². The number of para-hydroxylation sites is 2. The third kappa shape index (κ3) is 8.88. The van der Waals surface area contributed by atoms with Gasteiger partial charge in [-0.1, -0.05) is 147 Å². The van der Waals surface area contributed by atoms with E-state index in [4.69, 9.17) is 9.40 Å². The average Bonchev–Trinajstić information content (AvgIpc) is 3.93. The molecule has 0 fully saturated rings. The number of rotatable bonds is 8. The van der Waals surface area contributed by atoms with Crippen LogP contribution in [0.4, 0.5) is 0 Å². The van der Waals surface area contributed by atoms with Crippen molar-refractivity contribution in [1.29, 1.82) is 0 Å². The molecule has 0 spiro atoms. The Kier molecular flexibility index (Phi) is 13.2. The van der Waals surface area contributed by atoms with Crippen molar-refractivity contribution in [2.45, 2.75) is 60.3 Å². The van der Waals surface area contributed by atoms with Crippen LogP contribution >= 0.6 is 0 Å². The second kappa shape index (κ2) is 19.6. The van der Waals surface area contributed by atoms with Crippen LogP contribution in [-0.4, -0.2) is 14.5 Å². The Bertz CT molecular complexity index is 3440. The zero-order valence-corrected chi connectivity index (χ0v) is 42.0. The van der Waals surface area contributed by atoms with Crippen LogP contribution in [0.3, 0.4) is 0 Å². The molecule has 0 aliphatic heterocycles. The first-order chi connectivity index (χ1) is 32.6. The van der Waals surface area contributed by atoms with Gasteiger partial charge >= 0.3 is 0 Å². The van der Waals surface area contributed by atoms with Crippen molar-refractivity contribution in [3.8, 4) is 61.7 Å². The van der Waals surface area contributed by atoms with E-state index in [1.807, 2.05) is 54.6 Å². The number of hydrogen-bond acceptors (Lipinski definition) is 3. The number of nitrogens with zero attached hydrogens (tertiary/aromatic N) is 3. The van der Waals surface area contributed by atoms with Gasteiger partial charge in [-0.2, -0.15) is 0 Å². The van der Waals surface area contributed by atoms with Gasteiger partial charge in [0.2, 0.25) is 0 Å².